The molecule has 2 aliphatic rings. The largest absolute Gasteiger partial charge is 0.368 e. The van der Waals surface area contributed by atoms with Crippen molar-refractivity contribution in [1.29, 1.82) is 0 Å². The van der Waals surface area contributed by atoms with Crippen LogP contribution in [0, 0.1) is 12.7 Å². The number of hydrogen-bond acceptors (Lipinski definition) is 5. The molecule has 2 heterocycles. The topological polar surface area (TPSA) is 96.0 Å². The van der Waals surface area contributed by atoms with E-state index >= 15 is 0 Å². The van der Waals surface area contributed by atoms with E-state index in [9.17, 15) is 22.4 Å². The van der Waals surface area contributed by atoms with Crippen LogP contribution in [0.4, 0.5) is 10.1 Å². The molecule has 2 aromatic rings. The number of halogens is 1. The van der Waals surface area contributed by atoms with E-state index in [1.165, 1.54) is 24.3 Å². The van der Waals surface area contributed by atoms with Crippen LogP contribution in [0.25, 0.3) is 0 Å². The predicted molar refractivity (Wildman–Crippen MR) is 120 cm³/mol. The summed E-state index contributed by atoms with van der Waals surface area (Å²) >= 11 is 0. The van der Waals surface area contributed by atoms with Gasteiger partial charge in [-0.2, -0.15) is 0 Å². The first-order valence-electron chi connectivity index (χ1n) is 10.8. The molecule has 0 aliphatic carbocycles. The van der Waals surface area contributed by atoms with Crippen LogP contribution in [0.15, 0.2) is 47.4 Å². The van der Waals surface area contributed by atoms with E-state index in [-0.39, 0.29) is 34.1 Å². The molecule has 1 N–H and O–H groups in total. The fourth-order valence-corrected chi connectivity index (χ4v) is 5.09. The molecule has 33 heavy (non-hydrogen) atoms. The molecule has 0 saturated carbocycles. The molecule has 0 radical (unpaired) electrons. The average molecular weight is 476 g/mol. The number of carbonyl (C=O) groups is 2. The Hall–Kier alpha value is -2.98. The van der Waals surface area contributed by atoms with Gasteiger partial charge in [-0.1, -0.05) is 6.07 Å². The molecule has 2 aliphatic heterocycles. The second kappa shape index (κ2) is 9.48. The third kappa shape index (κ3) is 5.17. The number of hydrogen-bond donors (Lipinski definition) is 1. The number of nitrogens with one attached hydrogen (secondary N) is 1. The number of nitrogens with zero attached hydrogens (tertiary/aromatic N) is 2. The summed E-state index contributed by atoms with van der Waals surface area (Å²) in [5.74, 6) is -0.787. The molecule has 1 atom stereocenters. The summed E-state index contributed by atoms with van der Waals surface area (Å²) in [6, 6.07) is 9.33. The molecule has 0 bridgehead atoms. The maximum absolute atomic E-state index is 13.2. The number of amides is 2. The normalized spacial score (nSPS) is 18.9. The Balaban J connectivity index is 1.45. The van der Waals surface area contributed by atoms with Crippen molar-refractivity contribution >= 4 is 27.5 Å². The van der Waals surface area contributed by atoms with Gasteiger partial charge in [0, 0.05) is 44.0 Å². The van der Waals surface area contributed by atoms with Crippen molar-refractivity contribution in [1.82, 2.24) is 9.80 Å². The third-order valence-electron chi connectivity index (χ3n) is 5.93. The summed E-state index contributed by atoms with van der Waals surface area (Å²) in [7, 11) is -3.97. The van der Waals surface area contributed by atoms with Gasteiger partial charge in [0.05, 0.1) is 4.90 Å². The van der Waals surface area contributed by atoms with Gasteiger partial charge in [-0.25, -0.2) is 12.8 Å². The maximum atomic E-state index is 13.2. The lowest BCUT2D eigenvalue weighted by Gasteiger charge is -2.36. The van der Waals surface area contributed by atoms with Crippen molar-refractivity contribution in [3.8, 4) is 0 Å². The zero-order chi connectivity index (χ0) is 23.6. The number of ether oxygens (including phenoxy) is 1. The SMILES string of the molecule is Cc1ccc(S(=O)(=O)Nc2ccc(F)cc2)cc1C(=O)N1CCN(C(=O)C2CCCO2)CC1. The molecule has 2 aromatic carbocycles. The highest BCUT2D eigenvalue weighted by atomic mass is 32.2. The number of anilines is 1. The van der Waals surface area contributed by atoms with E-state index in [2.05, 4.69) is 4.72 Å². The summed E-state index contributed by atoms with van der Waals surface area (Å²) < 4.78 is 46.6. The Morgan fingerprint density at radius 2 is 1.70 bits per heavy atom. The van der Waals surface area contributed by atoms with E-state index in [0.717, 1.165) is 25.0 Å². The maximum Gasteiger partial charge on any atom is 0.261 e. The molecule has 0 spiro atoms. The predicted octanol–water partition coefficient (Wildman–Crippen LogP) is 2.40. The van der Waals surface area contributed by atoms with E-state index in [1.54, 1.807) is 22.8 Å². The van der Waals surface area contributed by atoms with Gasteiger partial charge in [0.15, 0.2) is 0 Å². The summed E-state index contributed by atoms with van der Waals surface area (Å²) in [5, 5.41) is 0. The van der Waals surface area contributed by atoms with Gasteiger partial charge in [-0.15, -0.1) is 0 Å². The number of piperazine rings is 1. The Morgan fingerprint density at radius 3 is 2.33 bits per heavy atom. The number of carbonyl (C=O) groups excluding carboxylic acids is 2. The van der Waals surface area contributed by atoms with Crippen molar-refractivity contribution in [3.05, 3.63) is 59.4 Å². The summed E-state index contributed by atoms with van der Waals surface area (Å²) in [6.07, 6.45) is 1.22. The Morgan fingerprint density at radius 1 is 1.03 bits per heavy atom. The first-order valence-corrected chi connectivity index (χ1v) is 12.3. The van der Waals surface area contributed by atoms with Crippen LogP contribution >= 0.6 is 0 Å². The van der Waals surface area contributed by atoms with Crippen LogP contribution in [0.5, 0.6) is 0 Å². The summed E-state index contributed by atoms with van der Waals surface area (Å²) in [5.41, 5.74) is 1.16. The number of sulfonamides is 1. The fraction of sp³-hybridized carbons (Fsp3) is 0.391. The van der Waals surface area contributed by atoms with E-state index in [0.29, 0.717) is 38.3 Å². The van der Waals surface area contributed by atoms with Crippen molar-refractivity contribution in [2.45, 2.75) is 30.8 Å². The van der Waals surface area contributed by atoms with Gasteiger partial charge in [-0.05, 0) is 61.7 Å². The minimum absolute atomic E-state index is 0.0317. The van der Waals surface area contributed by atoms with Gasteiger partial charge in [0.25, 0.3) is 21.8 Å². The molecule has 2 amide bonds. The Bertz CT molecular complexity index is 1140. The molecule has 176 valence electrons. The Labute approximate surface area is 192 Å². The van der Waals surface area contributed by atoms with Gasteiger partial charge in [-0.3, -0.25) is 14.3 Å². The molecule has 1 unspecified atom stereocenters. The molecular formula is C23H26FN3O5S. The van der Waals surface area contributed by atoms with E-state index < -0.39 is 15.8 Å². The first-order chi connectivity index (χ1) is 15.7. The number of rotatable bonds is 5. The minimum atomic E-state index is -3.97. The van der Waals surface area contributed by atoms with Crippen molar-refractivity contribution in [2.75, 3.05) is 37.5 Å². The Kier molecular flexibility index (Phi) is 6.66. The van der Waals surface area contributed by atoms with Crippen molar-refractivity contribution in [2.24, 2.45) is 0 Å². The standard InChI is InChI=1S/C23H26FN3O5S/c1-16-4-9-19(33(30,31)25-18-7-5-17(24)6-8-18)15-20(16)22(28)26-10-12-27(13-11-26)23(29)21-3-2-14-32-21/h4-9,15,21,25H,2-3,10-14H2,1H3. The zero-order valence-electron chi connectivity index (χ0n) is 18.3. The second-order valence-electron chi connectivity index (χ2n) is 8.21. The fourth-order valence-electron chi connectivity index (χ4n) is 4.01. The molecule has 0 aromatic heterocycles. The summed E-state index contributed by atoms with van der Waals surface area (Å²) in [6.45, 7) is 3.89. The molecule has 4 rings (SSSR count). The number of benzene rings is 2. The molecule has 2 fully saturated rings. The van der Waals surface area contributed by atoms with Gasteiger partial charge in [0.2, 0.25) is 0 Å². The lowest BCUT2D eigenvalue weighted by Crippen LogP contribution is -2.52. The molecule has 10 heteroatoms. The molecular weight excluding hydrogens is 449 g/mol. The first kappa shape index (κ1) is 23.2. The second-order valence-corrected chi connectivity index (χ2v) is 9.89. The quantitative estimate of drug-likeness (QED) is 0.717. The smallest absolute Gasteiger partial charge is 0.261 e. The summed E-state index contributed by atoms with van der Waals surface area (Å²) in [4.78, 5) is 29.0. The highest BCUT2D eigenvalue weighted by molar-refractivity contribution is 7.92. The zero-order valence-corrected chi connectivity index (χ0v) is 19.1. The lowest BCUT2D eigenvalue weighted by molar-refractivity contribution is -0.142. The van der Waals surface area contributed by atoms with Crippen LogP contribution in [0.2, 0.25) is 0 Å². The van der Waals surface area contributed by atoms with Crippen LogP contribution in [-0.4, -0.2) is 68.9 Å². The molecule has 2 saturated heterocycles. The van der Waals surface area contributed by atoms with Gasteiger partial charge < -0.3 is 14.5 Å². The van der Waals surface area contributed by atoms with Crippen molar-refractivity contribution < 1.29 is 27.1 Å². The minimum Gasteiger partial charge on any atom is -0.368 e. The van der Waals surface area contributed by atoms with Crippen molar-refractivity contribution in [3.63, 3.8) is 0 Å². The van der Waals surface area contributed by atoms with Gasteiger partial charge in [0.1, 0.15) is 11.9 Å². The third-order valence-corrected chi connectivity index (χ3v) is 7.31. The van der Waals surface area contributed by atoms with Crippen LogP contribution < -0.4 is 4.72 Å². The van der Waals surface area contributed by atoms with E-state index in [4.69, 9.17) is 4.74 Å². The van der Waals surface area contributed by atoms with Gasteiger partial charge >= 0.3 is 0 Å². The molecule has 8 nitrogen and oxygen atoms in total. The highest BCUT2D eigenvalue weighted by Crippen LogP contribution is 2.22. The van der Waals surface area contributed by atoms with Crippen LogP contribution in [0.3, 0.4) is 0 Å². The van der Waals surface area contributed by atoms with Crippen LogP contribution in [-0.2, 0) is 19.6 Å². The highest BCUT2D eigenvalue weighted by Gasteiger charge is 2.32. The average Bonchev–Trinajstić information content (AvgIpc) is 3.35. The lowest BCUT2D eigenvalue weighted by atomic mass is 10.1. The van der Waals surface area contributed by atoms with Crippen LogP contribution in [0.1, 0.15) is 28.8 Å². The monoisotopic (exact) mass is 475 g/mol. The van der Waals surface area contributed by atoms with E-state index in [1.807, 2.05) is 0 Å². The number of aryl methyl sites for hydroxylation is 1.